The van der Waals surface area contributed by atoms with Gasteiger partial charge in [0, 0.05) is 35.8 Å². The van der Waals surface area contributed by atoms with Crippen molar-refractivity contribution in [3.8, 4) is 0 Å². The van der Waals surface area contributed by atoms with Gasteiger partial charge in [-0.25, -0.2) is 4.98 Å². The van der Waals surface area contributed by atoms with Crippen LogP contribution in [0.1, 0.15) is 58.2 Å². The molecule has 0 amide bonds. The van der Waals surface area contributed by atoms with Gasteiger partial charge in [-0.3, -0.25) is 4.99 Å². The first-order valence-corrected chi connectivity index (χ1v) is 8.49. The van der Waals surface area contributed by atoms with Crippen LogP contribution in [-0.2, 0) is 6.54 Å². The Morgan fingerprint density at radius 3 is 2.45 bits per heavy atom. The van der Waals surface area contributed by atoms with Gasteiger partial charge in [-0.2, -0.15) is 0 Å². The fourth-order valence-corrected chi connectivity index (χ4v) is 3.37. The van der Waals surface area contributed by atoms with Crippen LogP contribution in [0.3, 0.4) is 0 Å². The van der Waals surface area contributed by atoms with Gasteiger partial charge in [-0.05, 0) is 13.8 Å². The maximum absolute atomic E-state index is 4.67. The van der Waals surface area contributed by atoms with Crippen LogP contribution in [-0.4, -0.2) is 35.0 Å². The van der Waals surface area contributed by atoms with E-state index in [2.05, 4.69) is 67.1 Å². The van der Waals surface area contributed by atoms with Crippen LogP contribution in [0.25, 0.3) is 0 Å². The predicted molar refractivity (Wildman–Crippen MR) is 106 cm³/mol. The van der Waals surface area contributed by atoms with Gasteiger partial charge in [0.25, 0.3) is 0 Å². The average Bonchev–Trinajstić information content (AvgIpc) is 2.87. The number of thiazole rings is 1. The minimum Gasteiger partial charge on any atom is -0.351 e. The van der Waals surface area contributed by atoms with Gasteiger partial charge in [0.15, 0.2) is 5.96 Å². The molecule has 1 fully saturated rings. The lowest BCUT2D eigenvalue weighted by atomic mass is 9.65. The van der Waals surface area contributed by atoms with E-state index in [1.165, 1.54) is 5.01 Å². The Balaban J connectivity index is 0.00000242. The molecule has 0 unspecified atom stereocenters. The molecule has 0 atom stereocenters. The van der Waals surface area contributed by atoms with Gasteiger partial charge in [-0.1, -0.05) is 27.7 Å². The number of halogens is 1. The number of aromatic nitrogens is 1. The highest BCUT2D eigenvalue weighted by Crippen LogP contribution is 2.46. The van der Waals surface area contributed by atoms with Crippen molar-refractivity contribution in [3.63, 3.8) is 0 Å². The SMILES string of the molecule is CN=C(NCc1csc(C(C)C)n1)N1CC(C)(C)C1(C)C.I. The summed E-state index contributed by atoms with van der Waals surface area (Å²) in [5.41, 5.74) is 1.54. The van der Waals surface area contributed by atoms with Crippen LogP contribution in [0.2, 0.25) is 0 Å². The predicted octanol–water partition coefficient (Wildman–Crippen LogP) is 4.08. The molecular formula is C16H29IN4S. The molecule has 0 saturated carbocycles. The Morgan fingerprint density at radius 1 is 1.41 bits per heavy atom. The highest BCUT2D eigenvalue weighted by molar-refractivity contribution is 14.0. The summed E-state index contributed by atoms with van der Waals surface area (Å²) in [6.45, 7) is 15.3. The van der Waals surface area contributed by atoms with Crippen molar-refractivity contribution in [2.24, 2.45) is 10.4 Å². The Kier molecular flexibility index (Phi) is 6.29. The highest BCUT2D eigenvalue weighted by Gasteiger charge is 2.53. The van der Waals surface area contributed by atoms with Gasteiger partial charge in [-0.15, -0.1) is 35.3 Å². The zero-order chi connectivity index (χ0) is 15.8. The van der Waals surface area contributed by atoms with Crippen molar-refractivity contribution >= 4 is 41.3 Å². The van der Waals surface area contributed by atoms with Crippen molar-refractivity contribution in [2.75, 3.05) is 13.6 Å². The number of nitrogens with one attached hydrogen (secondary N) is 1. The lowest BCUT2D eigenvalue weighted by molar-refractivity contribution is -0.0668. The zero-order valence-electron chi connectivity index (χ0n) is 14.7. The molecule has 1 aliphatic rings. The fourth-order valence-electron chi connectivity index (χ4n) is 2.53. The maximum atomic E-state index is 4.67. The van der Waals surface area contributed by atoms with Crippen LogP contribution < -0.4 is 5.32 Å². The van der Waals surface area contributed by atoms with E-state index in [-0.39, 0.29) is 29.5 Å². The molecule has 1 aliphatic heterocycles. The van der Waals surface area contributed by atoms with E-state index in [1.807, 2.05) is 7.05 Å². The molecule has 2 heterocycles. The summed E-state index contributed by atoms with van der Waals surface area (Å²) in [5, 5.41) is 6.79. The molecule has 4 nitrogen and oxygen atoms in total. The van der Waals surface area contributed by atoms with E-state index in [0.717, 1.165) is 24.7 Å². The third kappa shape index (κ3) is 3.58. The summed E-state index contributed by atoms with van der Waals surface area (Å²) in [4.78, 5) is 11.5. The Bertz CT molecular complexity index is 534. The number of guanidine groups is 1. The quantitative estimate of drug-likeness (QED) is 0.441. The molecule has 22 heavy (non-hydrogen) atoms. The molecule has 1 aromatic heterocycles. The first-order valence-electron chi connectivity index (χ1n) is 7.61. The van der Waals surface area contributed by atoms with E-state index in [1.54, 1.807) is 11.3 Å². The van der Waals surface area contributed by atoms with E-state index >= 15 is 0 Å². The summed E-state index contributed by atoms with van der Waals surface area (Å²) < 4.78 is 0. The van der Waals surface area contributed by atoms with Gasteiger partial charge >= 0.3 is 0 Å². The van der Waals surface area contributed by atoms with E-state index in [0.29, 0.717) is 11.3 Å². The normalized spacial score (nSPS) is 19.6. The fraction of sp³-hybridized carbons (Fsp3) is 0.750. The van der Waals surface area contributed by atoms with Crippen LogP contribution in [0, 0.1) is 5.41 Å². The van der Waals surface area contributed by atoms with Crippen LogP contribution in [0.4, 0.5) is 0 Å². The largest absolute Gasteiger partial charge is 0.351 e. The highest BCUT2D eigenvalue weighted by atomic mass is 127. The first kappa shape index (κ1) is 19.7. The number of likely N-dealkylation sites (tertiary alicyclic amines) is 1. The molecule has 0 radical (unpaired) electrons. The Hall–Kier alpha value is -0.370. The summed E-state index contributed by atoms with van der Waals surface area (Å²) in [5.74, 6) is 1.47. The molecule has 1 N–H and O–H groups in total. The van der Waals surface area contributed by atoms with E-state index < -0.39 is 0 Å². The molecule has 0 spiro atoms. The molecular weight excluding hydrogens is 407 g/mol. The molecule has 0 aliphatic carbocycles. The van der Waals surface area contributed by atoms with Crippen molar-refractivity contribution in [1.82, 2.24) is 15.2 Å². The summed E-state index contributed by atoms with van der Waals surface area (Å²) in [7, 11) is 1.85. The molecule has 2 rings (SSSR count). The molecule has 1 aromatic rings. The van der Waals surface area contributed by atoms with E-state index in [4.69, 9.17) is 0 Å². The van der Waals surface area contributed by atoms with Crippen molar-refractivity contribution in [3.05, 3.63) is 16.1 Å². The number of nitrogens with zero attached hydrogens (tertiary/aromatic N) is 3. The molecule has 6 heteroatoms. The van der Waals surface area contributed by atoms with Crippen LogP contribution >= 0.6 is 35.3 Å². The topological polar surface area (TPSA) is 40.5 Å². The van der Waals surface area contributed by atoms with Crippen LogP contribution in [0.15, 0.2) is 10.4 Å². The monoisotopic (exact) mass is 436 g/mol. The Labute approximate surface area is 155 Å². The first-order chi connectivity index (χ1) is 9.69. The summed E-state index contributed by atoms with van der Waals surface area (Å²) in [6.07, 6.45) is 0. The van der Waals surface area contributed by atoms with Crippen LogP contribution in [0.5, 0.6) is 0 Å². The number of hydrogen-bond acceptors (Lipinski definition) is 3. The molecule has 0 bridgehead atoms. The van der Waals surface area contributed by atoms with Crippen molar-refractivity contribution in [2.45, 2.75) is 59.5 Å². The third-order valence-corrected chi connectivity index (χ3v) is 6.04. The lowest BCUT2D eigenvalue weighted by Crippen LogP contribution is -2.72. The van der Waals surface area contributed by atoms with Gasteiger partial charge in [0.2, 0.25) is 0 Å². The van der Waals surface area contributed by atoms with E-state index in [9.17, 15) is 0 Å². The second kappa shape index (κ2) is 7.03. The molecule has 126 valence electrons. The number of rotatable bonds is 3. The minimum absolute atomic E-state index is 0. The van der Waals surface area contributed by atoms with Gasteiger partial charge in [0.05, 0.1) is 17.2 Å². The summed E-state index contributed by atoms with van der Waals surface area (Å²) in [6, 6.07) is 0. The van der Waals surface area contributed by atoms with Gasteiger partial charge in [0.1, 0.15) is 0 Å². The average molecular weight is 436 g/mol. The minimum atomic E-state index is 0. The Morgan fingerprint density at radius 2 is 2.05 bits per heavy atom. The summed E-state index contributed by atoms with van der Waals surface area (Å²) >= 11 is 1.74. The maximum Gasteiger partial charge on any atom is 0.194 e. The van der Waals surface area contributed by atoms with Crippen molar-refractivity contribution < 1.29 is 0 Å². The number of aliphatic imine (C=N–C) groups is 1. The number of hydrogen-bond donors (Lipinski definition) is 1. The second-order valence-corrected chi connectivity index (χ2v) is 8.15. The molecule has 1 saturated heterocycles. The lowest BCUT2D eigenvalue weighted by Gasteiger charge is -2.62. The van der Waals surface area contributed by atoms with Gasteiger partial charge < -0.3 is 10.2 Å². The third-order valence-electron chi connectivity index (χ3n) is 4.84. The smallest absolute Gasteiger partial charge is 0.194 e. The van der Waals surface area contributed by atoms with Crippen molar-refractivity contribution in [1.29, 1.82) is 0 Å². The standard InChI is InChI=1S/C16H28N4S.HI/c1-11(2)13-19-12(9-21-13)8-18-14(17-7)20-10-15(3,4)16(20,5)6;/h9,11H,8,10H2,1-7H3,(H,17,18);1H. The second-order valence-electron chi connectivity index (χ2n) is 7.26. The molecule has 0 aromatic carbocycles. The zero-order valence-corrected chi connectivity index (χ0v) is 17.9.